The molecule has 0 radical (unpaired) electrons. The van der Waals surface area contributed by atoms with Crippen LogP contribution < -0.4 is 0 Å². The van der Waals surface area contributed by atoms with Gasteiger partial charge in [0.25, 0.3) is 0 Å². The lowest BCUT2D eigenvalue weighted by atomic mass is 9.84. The molecule has 4 heteroatoms. The van der Waals surface area contributed by atoms with E-state index in [-0.39, 0.29) is 6.42 Å². The summed E-state index contributed by atoms with van der Waals surface area (Å²) >= 11 is 0. The van der Waals surface area contributed by atoms with E-state index in [2.05, 4.69) is 59.8 Å². The topological polar surface area (TPSA) is 63.6 Å². The van der Waals surface area contributed by atoms with Crippen molar-refractivity contribution in [2.24, 2.45) is 0 Å². The summed E-state index contributed by atoms with van der Waals surface area (Å²) < 4.78 is 3.95. The van der Waals surface area contributed by atoms with Crippen molar-refractivity contribution in [1.82, 2.24) is 0 Å². The molecule has 136 valence electrons. The molecule has 5 rings (SSSR count). The third kappa shape index (κ3) is 3.24. The summed E-state index contributed by atoms with van der Waals surface area (Å²) in [6.07, 6.45) is 2.15. The van der Waals surface area contributed by atoms with Gasteiger partial charge in [0, 0.05) is 0 Å². The minimum atomic E-state index is -1.22. The second kappa shape index (κ2) is 6.97. The second-order valence-electron chi connectivity index (χ2n) is 6.94. The molecule has 1 aliphatic heterocycles. The molecule has 0 aromatic heterocycles. The minimum Gasteiger partial charge on any atom is -0.391 e. The fourth-order valence-electron chi connectivity index (χ4n) is 3.83. The van der Waals surface area contributed by atoms with Crippen LogP contribution in [0.5, 0.6) is 0 Å². The third-order valence-electron chi connectivity index (χ3n) is 5.17. The maximum absolute atomic E-state index is 10.1. The molecule has 0 bridgehead atoms. The van der Waals surface area contributed by atoms with Gasteiger partial charge in [-0.2, -0.15) is 0 Å². The van der Waals surface area contributed by atoms with E-state index in [0.717, 1.165) is 6.42 Å². The van der Waals surface area contributed by atoms with Crippen LogP contribution in [0.15, 0.2) is 55.1 Å². The molecule has 4 nitrogen and oxygen atoms in total. The number of ether oxygens (including phenoxy) is 1. The van der Waals surface area contributed by atoms with E-state index in [1.807, 2.05) is 0 Å². The number of aryl methyl sites for hydroxylation is 1. The van der Waals surface area contributed by atoms with E-state index in [1.54, 1.807) is 0 Å². The molecule has 1 unspecified atom stereocenters. The van der Waals surface area contributed by atoms with Gasteiger partial charge in [0.1, 0.15) is 0 Å². The van der Waals surface area contributed by atoms with Crippen LogP contribution in [0.3, 0.4) is 0 Å². The van der Waals surface area contributed by atoms with Crippen LogP contribution in [0.4, 0.5) is 0 Å². The zero-order valence-electron chi connectivity index (χ0n) is 14.9. The molecule has 3 aromatic carbocycles. The lowest BCUT2D eigenvalue weighted by molar-refractivity contribution is -0.154. The molecule has 0 saturated carbocycles. The highest BCUT2D eigenvalue weighted by molar-refractivity contribution is 6.09. The molecule has 3 aromatic rings. The smallest absolute Gasteiger partial charge is 0.343 e. The number of allylic oxidation sites excluding steroid dienone is 1. The summed E-state index contributed by atoms with van der Waals surface area (Å²) in [5.74, 6) is -1.49. The molecule has 0 spiro atoms. The fraction of sp³-hybridized carbons (Fsp3) is 0.217. The molecule has 1 fully saturated rings. The van der Waals surface area contributed by atoms with Crippen molar-refractivity contribution < 1.29 is 19.4 Å². The van der Waals surface area contributed by atoms with Crippen LogP contribution in [0.1, 0.15) is 30.4 Å². The summed E-state index contributed by atoms with van der Waals surface area (Å²) in [5, 5.41) is 14.0. The Bertz CT molecular complexity index is 1080. The number of aliphatic hydroxyl groups excluding tert-OH is 1. The predicted molar refractivity (Wildman–Crippen MR) is 105 cm³/mol. The average Bonchev–Trinajstić information content (AvgIpc) is 2.97. The quantitative estimate of drug-likeness (QED) is 0.371. The Morgan fingerprint density at radius 3 is 2.41 bits per heavy atom. The number of benzene rings is 3. The second-order valence-corrected chi connectivity index (χ2v) is 6.94. The Balaban J connectivity index is 0.000000190. The lowest BCUT2D eigenvalue weighted by Crippen LogP contribution is -2.11. The average molecular weight is 360 g/mol. The van der Waals surface area contributed by atoms with Crippen LogP contribution in [0, 0.1) is 0 Å². The lowest BCUT2D eigenvalue weighted by Gasteiger charge is -2.20. The van der Waals surface area contributed by atoms with E-state index in [0.29, 0.717) is 0 Å². The molecule has 27 heavy (non-hydrogen) atoms. The van der Waals surface area contributed by atoms with E-state index in [9.17, 15) is 9.59 Å². The van der Waals surface area contributed by atoms with Gasteiger partial charge in [-0.1, -0.05) is 55.1 Å². The van der Waals surface area contributed by atoms with E-state index in [1.165, 1.54) is 51.1 Å². The first-order chi connectivity index (χ1) is 13.0. The standard InChI is InChI=1S/C19H16.C4H4O4/c1-13-5-4-8-17-15(13)11-12-18-16-7-3-2-6-14(16)9-10-19(17)18;5-2-1-3(6)8-4(2)7/h2-3,6-7,9-12H,1,4-5,8H2;2,5H,1H2. The normalized spacial score (nSPS) is 18.9. The zero-order valence-corrected chi connectivity index (χ0v) is 14.9. The first kappa shape index (κ1) is 17.4. The van der Waals surface area contributed by atoms with Crippen LogP contribution in [0.2, 0.25) is 0 Å². The molecule has 1 heterocycles. The Morgan fingerprint density at radius 2 is 1.70 bits per heavy atom. The number of fused-ring (bicyclic) bond motifs is 5. The van der Waals surface area contributed by atoms with E-state index < -0.39 is 18.0 Å². The molecule has 1 N–H and O–H groups in total. The highest BCUT2D eigenvalue weighted by atomic mass is 16.6. The van der Waals surface area contributed by atoms with Gasteiger partial charge in [0.05, 0.1) is 6.42 Å². The number of esters is 2. The number of hydrogen-bond acceptors (Lipinski definition) is 4. The number of rotatable bonds is 0. The molecule has 2 aliphatic rings. The van der Waals surface area contributed by atoms with Crippen LogP contribution >= 0.6 is 0 Å². The zero-order chi connectivity index (χ0) is 19.0. The van der Waals surface area contributed by atoms with Crippen LogP contribution in [-0.2, 0) is 20.7 Å². The number of aliphatic hydroxyl groups is 1. The van der Waals surface area contributed by atoms with E-state index >= 15 is 0 Å². The first-order valence-electron chi connectivity index (χ1n) is 9.08. The molecule has 1 atom stereocenters. The maximum Gasteiger partial charge on any atom is 0.343 e. The van der Waals surface area contributed by atoms with Crippen molar-refractivity contribution in [2.45, 2.75) is 31.8 Å². The highest BCUT2D eigenvalue weighted by Gasteiger charge is 2.30. The molecule has 1 saturated heterocycles. The Kier molecular flexibility index (Phi) is 4.50. The first-order valence-corrected chi connectivity index (χ1v) is 9.08. The van der Waals surface area contributed by atoms with Gasteiger partial charge >= 0.3 is 11.9 Å². The van der Waals surface area contributed by atoms with Crippen molar-refractivity contribution in [1.29, 1.82) is 0 Å². The van der Waals surface area contributed by atoms with Gasteiger partial charge in [-0.25, -0.2) is 4.79 Å². The SMILES string of the molecule is C=C1CCCc2c1ccc1c2ccc2ccccc21.O=C1CC(O)C(=O)O1. The van der Waals surface area contributed by atoms with Gasteiger partial charge < -0.3 is 9.84 Å². The Hall–Kier alpha value is -2.98. The molecular formula is C23H20O4. The summed E-state index contributed by atoms with van der Waals surface area (Å²) in [4.78, 5) is 20.2. The highest BCUT2D eigenvalue weighted by Crippen LogP contribution is 2.36. The van der Waals surface area contributed by atoms with Crippen LogP contribution in [-0.4, -0.2) is 23.1 Å². The summed E-state index contributed by atoms with van der Waals surface area (Å²) in [6.45, 7) is 4.22. The van der Waals surface area contributed by atoms with Crippen molar-refractivity contribution in [3.8, 4) is 0 Å². The van der Waals surface area contributed by atoms with Crippen molar-refractivity contribution >= 4 is 39.1 Å². The van der Waals surface area contributed by atoms with E-state index in [4.69, 9.17) is 5.11 Å². The van der Waals surface area contributed by atoms with Crippen molar-refractivity contribution in [3.05, 3.63) is 66.2 Å². The maximum atomic E-state index is 10.1. The summed E-state index contributed by atoms with van der Waals surface area (Å²) in [5.41, 5.74) is 4.19. The third-order valence-corrected chi connectivity index (χ3v) is 5.17. The molecule has 1 aliphatic carbocycles. The fourth-order valence-corrected chi connectivity index (χ4v) is 3.83. The van der Waals surface area contributed by atoms with Crippen molar-refractivity contribution in [2.75, 3.05) is 0 Å². The molecular weight excluding hydrogens is 340 g/mol. The Morgan fingerprint density at radius 1 is 0.926 bits per heavy atom. The number of carbonyl (C=O) groups excluding carboxylic acids is 2. The minimum absolute atomic E-state index is 0.196. The van der Waals surface area contributed by atoms with Crippen LogP contribution in [0.25, 0.3) is 27.1 Å². The number of carbonyl (C=O) groups is 2. The van der Waals surface area contributed by atoms with Gasteiger partial charge in [-0.15, -0.1) is 0 Å². The predicted octanol–water partition coefficient (Wildman–Crippen LogP) is 4.16. The largest absolute Gasteiger partial charge is 0.391 e. The Labute approximate surface area is 157 Å². The number of hydrogen-bond donors (Lipinski definition) is 1. The van der Waals surface area contributed by atoms with Crippen molar-refractivity contribution in [3.63, 3.8) is 0 Å². The summed E-state index contributed by atoms with van der Waals surface area (Å²) in [6, 6.07) is 17.7. The van der Waals surface area contributed by atoms with Gasteiger partial charge in [-0.3, -0.25) is 4.79 Å². The summed E-state index contributed by atoms with van der Waals surface area (Å²) in [7, 11) is 0. The van der Waals surface area contributed by atoms with Gasteiger partial charge in [0.15, 0.2) is 6.10 Å². The van der Waals surface area contributed by atoms with Gasteiger partial charge in [-0.05, 0) is 57.5 Å². The monoisotopic (exact) mass is 360 g/mol. The number of cyclic esters (lactones) is 2. The van der Waals surface area contributed by atoms with Gasteiger partial charge in [0.2, 0.25) is 0 Å². The molecule has 0 amide bonds.